The van der Waals surface area contributed by atoms with Crippen molar-refractivity contribution in [2.24, 2.45) is 5.73 Å². The van der Waals surface area contributed by atoms with Crippen molar-refractivity contribution in [3.8, 4) is 0 Å². The topological polar surface area (TPSA) is 122 Å². The molecule has 1 aromatic carbocycles. The van der Waals surface area contributed by atoms with Crippen LogP contribution in [-0.4, -0.2) is 27.9 Å². The molecule has 2 rings (SSSR count). The van der Waals surface area contributed by atoms with E-state index in [1.165, 1.54) is 24.4 Å². The average Bonchev–Trinajstić information content (AvgIpc) is 2.47. The van der Waals surface area contributed by atoms with Crippen molar-refractivity contribution < 1.29 is 19.5 Å². The Balaban J connectivity index is 2.22. The van der Waals surface area contributed by atoms with Crippen molar-refractivity contribution in [3.05, 3.63) is 59.4 Å². The molecule has 0 unspecified atom stereocenters. The quantitative estimate of drug-likeness (QED) is 0.777. The average molecular weight is 285 g/mol. The largest absolute Gasteiger partial charge is 0.477 e. The van der Waals surface area contributed by atoms with Crippen molar-refractivity contribution in [1.82, 2.24) is 4.98 Å². The minimum absolute atomic E-state index is 0.145. The molecule has 1 heterocycles. The van der Waals surface area contributed by atoms with Gasteiger partial charge < -0.3 is 16.2 Å². The van der Waals surface area contributed by atoms with Gasteiger partial charge >= 0.3 is 5.97 Å². The summed E-state index contributed by atoms with van der Waals surface area (Å²) in [6.07, 6.45) is 1.23. The van der Waals surface area contributed by atoms with Crippen LogP contribution in [0.2, 0.25) is 0 Å². The van der Waals surface area contributed by atoms with E-state index < -0.39 is 17.8 Å². The second-order valence-electron chi connectivity index (χ2n) is 4.13. The first-order valence-corrected chi connectivity index (χ1v) is 5.88. The van der Waals surface area contributed by atoms with E-state index in [-0.39, 0.29) is 16.8 Å². The summed E-state index contributed by atoms with van der Waals surface area (Å²) < 4.78 is 0. The van der Waals surface area contributed by atoms with Gasteiger partial charge in [0, 0.05) is 23.0 Å². The molecule has 0 spiro atoms. The van der Waals surface area contributed by atoms with Gasteiger partial charge in [-0.05, 0) is 30.3 Å². The van der Waals surface area contributed by atoms with Gasteiger partial charge in [0.15, 0.2) is 0 Å². The number of carboxylic acids is 1. The number of carbonyl (C=O) groups excluding carboxylic acids is 2. The Morgan fingerprint density at radius 3 is 2.52 bits per heavy atom. The van der Waals surface area contributed by atoms with Gasteiger partial charge in [-0.25, -0.2) is 9.78 Å². The van der Waals surface area contributed by atoms with E-state index in [4.69, 9.17) is 10.8 Å². The predicted molar refractivity (Wildman–Crippen MR) is 74.1 cm³/mol. The standard InChI is InChI=1S/C14H11N3O4/c15-12(18)8-2-1-3-10(6-8)17-13(19)9-4-5-16-11(7-9)14(20)21/h1-7H,(H2,15,18)(H,17,19)(H,20,21). The lowest BCUT2D eigenvalue weighted by Gasteiger charge is -2.06. The van der Waals surface area contributed by atoms with E-state index in [1.807, 2.05) is 0 Å². The third-order valence-electron chi connectivity index (χ3n) is 2.65. The molecule has 1 aromatic heterocycles. The fourth-order valence-electron chi connectivity index (χ4n) is 1.64. The molecular weight excluding hydrogens is 274 g/mol. The molecule has 0 radical (unpaired) electrons. The summed E-state index contributed by atoms with van der Waals surface area (Å²) in [6, 6.07) is 8.66. The molecule has 2 amide bonds. The Kier molecular flexibility index (Phi) is 3.94. The number of anilines is 1. The highest BCUT2D eigenvalue weighted by Gasteiger charge is 2.11. The minimum atomic E-state index is -1.22. The first kappa shape index (κ1) is 14.2. The summed E-state index contributed by atoms with van der Waals surface area (Å²) in [5.41, 5.74) is 5.71. The van der Waals surface area contributed by atoms with Crippen molar-refractivity contribution in [1.29, 1.82) is 0 Å². The Morgan fingerprint density at radius 2 is 1.86 bits per heavy atom. The Hall–Kier alpha value is -3.22. The lowest BCUT2D eigenvalue weighted by atomic mass is 10.1. The summed E-state index contributed by atoms with van der Waals surface area (Å²) in [5, 5.41) is 11.4. The monoisotopic (exact) mass is 285 g/mol. The third kappa shape index (κ3) is 3.41. The van der Waals surface area contributed by atoms with Crippen LogP contribution in [0.25, 0.3) is 0 Å². The first-order valence-electron chi connectivity index (χ1n) is 5.88. The number of aromatic carboxylic acids is 1. The molecule has 0 fully saturated rings. The van der Waals surface area contributed by atoms with Gasteiger partial charge in [-0.15, -0.1) is 0 Å². The number of nitrogens with zero attached hydrogens (tertiary/aromatic N) is 1. The fourth-order valence-corrected chi connectivity index (χ4v) is 1.64. The number of amides is 2. The molecule has 2 aromatic rings. The normalized spacial score (nSPS) is 9.90. The maximum absolute atomic E-state index is 12.0. The van der Waals surface area contributed by atoms with Gasteiger partial charge in [-0.1, -0.05) is 6.07 Å². The van der Waals surface area contributed by atoms with Crippen LogP contribution < -0.4 is 11.1 Å². The Bertz CT molecular complexity index is 728. The molecule has 0 bridgehead atoms. The maximum Gasteiger partial charge on any atom is 0.354 e. The van der Waals surface area contributed by atoms with Gasteiger partial charge in [-0.2, -0.15) is 0 Å². The number of aromatic nitrogens is 1. The lowest BCUT2D eigenvalue weighted by molar-refractivity contribution is 0.0690. The van der Waals surface area contributed by atoms with Crippen LogP contribution in [0.5, 0.6) is 0 Å². The number of carbonyl (C=O) groups is 3. The molecule has 0 saturated heterocycles. The van der Waals surface area contributed by atoms with E-state index in [9.17, 15) is 14.4 Å². The SMILES string of the molecule is NC(=O)c1cccc(NC(=O)c2ccnc(C(=O)O)c2)c1. The smallest absolute Gasteiger partial charge is 0.354 e. The van der Waals surface area contributed by atoms with Crippen LogP contribution in [0.4, 0.5) is 5.69 Å². The van der Waals surface area contributed by atoms with Gasteiger partial charge in [0.2, 0.25) is 5.91 Å². The predicted octanol–water partition coefficient (Wildman–Crippen LogP) is 1.13. The van der Waals surface area contributed by atoms with Gasteiger partial charge in [-0.3, -0.25) is 9.59 Å². The number of primary amides is 1. The Morgan fingerprint density at radius 1 is 1.10 bits per heavy atom. The van der Waals surface area contributed by atoms with Crippen LogP contribution in [0.15, 0.2) is 42.6 Å². The lowest BCUT2D eigenvalue weighted by Crippen LogP contribution is -2.15. The third-order valence-corrected chi connectivity index (χ3v) is 2.65. The second kappa shape index (κ2) is 5.83. The van der Waals surface area contributed by atoms with E-state index in [1.54, 1.807) is 12.1 Å². The van der Waals surface area contributed by atoms with Crippen LogP contribution in [0.1, 0.15) is 31.2 Å². The van der Waals surface area contributed by atoms with E-state index in [2.05, 4.69) is 10.3 Å². The molecule has 4 N–H and O–H groups in total. The van der Waals surface area contributed by atoms with Crippen molar-refractivity contribution >= 4 is 23.5 Å². The van der Waals surface area contributed by atoms with Crippen molar-refractivity contribution in [2.75, 3.05) is 5.32 Å². The highest BCUT2D eigenvalue weighted by molar-refractivity contribution is 6.05. The molecule has 0 aliphatic heterocycles. The number of nitrogens with one attached hydrogen (secondary N) is 1. The highest BCUT2D eigenvalue weighted by atomic mass is 16.4. The summed E-state index contributed by atoms with van der Waals surface area (Å²) in [5.74, 6) is -2.34. The highest BCUT2D eigenvalue weighted by Crippen LogP contribution is 2.12. The summed E-state index contributed by atoms with van der Waals surface area (Å²) in [4.78, 5) is 37.5. The maximum atomic E-state index is 12.0. The number of hydrogen-bond donors (Lipinski definition) is 3. The van der Waals surface area contributed by atoms with Gasteiger partial charge in [0.1, 0.15) is 5.69 Å². The van der Waals surface area contributed by atoms with Gasteiger partial charge in [0.25, 0.3) is 5.91 Å². The molecule has 0 atom stereocenters. The minimum Gasteiger partial charge on any atom is -0.477 e. The molecule has 0 aliphatic carbocycles. The number of carboxylic acid groups (broad SMARTS) is 1. The molecule has 7 nitrogen and oxygen atoms in total. The van der Waals surface area contributed by atoms with Crippen LogP contribution in [-0.2, 0) is 0 Å². The summed E-state index contributed by atoms with van der Waals surface area (Å²) in [6.45, 7) is 0. The van der Waals surface area contributed by atoms with E-state index in [0.717, 1.165) is 6.07 Å². The molecular formula is C14H11N3O4. The fraction of sp³-hybridized carbons (Fsp3) is 0. The molecule has 0 saturated carbocycles. The first-order chi connectivity index (χ1) is 9.97. The van der Waals surface area contributed by atoms with E-state index in [0.29, 0.717) is 5.69 Å². The number of hydrogen-bond acceptors (Lipinski definition) is 4. The molecule has 0 aliphatic rings. The van der Waals surface area contributed by atoms with E-state index >= 15 is 0 Å². The number of rotatable bonds is 4. The zero-order valence-electron chi connectivity index (χ0n) is 10.7. The van der Waals surface area contributed by atoms with Crippen LogP contribution in [0.3, 0.4) is 0 Å². The molecule has 21 heavy (non-hydrogen) atoms. The zero-order valence-corrected chi connectivity index (χ0v) is 10.7. The van der Waals surface area contributed by atoms with Crippen molar-refractivity contribution in [3.63, 3.8) is 0 Å². The number of benzene rings is 1. The van der Waals surface area contributed by atoms with Gasteiger partial charge in [0.05, 0.1) is 0 Å². The Labute approximate surface area is 119 Å². The number of pyridine rings is 1. The molecule has 7 heteroatoms. The molecule has 106 valence electrons. The van der Waals surface area contributed by atoms with Crippen molar-refractivity contribution in [2.45, 2.75) is 0 Å². The summed E-state index contributed by atoms with van der Waals surface area (Å²) in [7, 11) is 0. The zero-order chi connectivity index (χ0) is 15.4. The summed E-state index contributed by atoms with van der Waals surface area (Å²) >= 11 is 0. The number of nitrogens with two attached hydrogens (primary N) is 1. The van der Waals surface area contributed by atoms with Crippen LogP contribution in [0, 0.1) is 0 Å². The van der Waals surface area contributed by atoms with Crippen LogP contribution >= 0.6 is 0 Å². The second-order valence-corrected chi connectivity index (χ2v) is 4.13.